The van der Waals surface area contributed by atoms with Crippen LogP contribution in [0.15, 0.2) is 24.3 Å². The number of hydrogen-bond acceptors (Lipinski definition) is 2. The first-order valence-corrected chi connectivity index (χ1v) is 5.61. The molecular formula is C13H21NO. The van der Waals surface area contributed by atoms with Gasteiger partial charge in [-0.3, -0.25) is 0 Å². The highest BCUT2D eigenvalue weighted by atomic mass is 16.5. The van der Waals surface area contributed by atoms with Gasteiger partial charge in [0.2, 0.25) is 0 Å². The largest absolute Gasteiger partial charge is 0.492 e. The van der Waals surface area contributed by atoms with E-state index in [4.69, 9.17) is 10.5 Å². The van der Waals surface area contributed by atoms with Gasteiger partial charge in [-0.1, -0.05) is 26.0 Å². The van der Waals surface area contributed by atoms with Crippen molar-refractivity contribution < 1.29 is 4.74 Å². The standard InChI is InChI=1S/C13H21NO/c1-4-10(2)12-5-7-13(8-6-12)15-9-11(3)14/h5-8,10-11H,4,9,14H2,1-3H3/t10?,11-/m0/s1. The van der Waals surface area contributed by atoms with Crippen LogP contribution in [0.25, 0.3) is 0 Å². The molecule has 0 heterocycles. The molecule has 2 N–H and O–H groups in total. The van der Waals surface area contributed by atoms with Gasteiger partial charge in [0.1, 0.15) is 12.4 Å². The molecule has 0 fully saturated rings. The molecule has 0 radical (unpaired) electrons. The minimum absolute atomic E-state index is 0.0826. The van der Waals surface area contributed by atoms with Crippen molar-refractivity contribution >= 4 is 0 Å². The van der Waals surface area contributed by atoms with E-state index in [1.807, 2.05) is 19.1 Å². The Morgan fingerprint density at radius 2 is 1.80 bits per heavy atom. The van der Waals surface area contributed by atoms with Gasteiger partial charge in [0.05, 0.1) is 0 Å². The monoisotopic (exact) mass is 207 g/mol. The maximum Gasteiger partial charge on any atom is 0.119 e. The molecule has 2 atom stereocenters. The van der Waals surface area contributed by atoms with Gasteiger partial charge in [-0.25, -0.2) is 0 Å². The Kier molecular flexibility index (Phi) is 4.63. The predicted molar refractivity (Wildman–Crippen MR) is 64.3 cm³/mol. The summed E-state index contributed by atoms with van der Waals surface area (Å²) in [6.07, 6.45) is 1.17. The Morgan fingerprint density at radius 1 is 1.20 bits per heavy atom. The quantitative estimate of drug-likeness (QED) is 0.805. The van der Waals surface area contributed by atoms with Crippen LogP contribution in [0.1, 0.15) is 38.7 Å². The Labute approximate surface area is 92.4 Å². The van der Waals surface area contributed by atoms with Crippen molar-refractivity contribution in [3.63, 3.8) is 0 Å². The van der Waals surface area contributed by atoms with Crippen molar-refractivity contribution in [2.75, 3.05) is 6.61 Å². The van der Waals surface area contributed by atoms with Gasteiger partial charge < -0.3 is 10.5 Å². The summed E-state index contributed by atoms with van der Waals surface area (Å²) in [6, 6.07) is 8.38. The van der Waals surface area contributed by atoms with E-state index in [0.717, 1.165) is 5.75 Å². The third-order valence-corrected chi connectivity index (χ3v) is 2.57. The minimum atomic E-state index is 0.0826. The average molecular weight is 207 g/mol. The Morgan fingerprint density at radius 3 is 2.27 bits per heavy atom. The second kappa shape index (κ2) is 5.76. The molecule has 1 unspecified atom stereocenters. The van der Waals surface area contributed by atoms with Crippen molar-refractivity contribution in [1.82, 2.24) is 0 Å². The minimum Gasteiger partial charge on any atom is -0.492 e. The molecule has 0 saturated carbocycles. The van der Waals surface area contributed by atoms with Crippen LogP contribution in [0, 0.1) is 0 Å². The molecule has 0 amide bonds. The lowest BCUT2D eigenvalue weighted by molar-refractivity contribution is 0.296. The molecule has 0 aliphatic heterocycles. The smallest absolute Gasteiger partial charge is 0.119 e. The number of nitrogens with two attached hydrogens (primary N) is 1. The second-order valence-electron chi connectivity index (χ2n) is 4.17. The Balaban J connectivity index is 2.56. The highest BCUT2D eigenvalue weighted by Crippen LogP contribution is 2.21. The number of hydrogen-bond donors (Lipinski definition) is 1. The topological polar surface area (TPSA) is 35.2 Å². The zero-order valence-corrected chi connectivity index (χ0v) is 9.86. The van der Waals surface area contributed by atoms with Crippen molar-refractivity contribution in [3.05, 3.63) is 29.8 Å². The molecule has 15 heavy (non-hydrogen) atoms. The van der Waals surface area contributed by atoms with Gasteiger partial charge in [-0.2, -0.15) is 0 Å². The predicted octanol–water partition coefficient (Wildman–Crippen LogP) is 2.93. The molecule has 0 bridgehead atoms. The molecule has 0 aliphatic rings. The van der Waals surface area contributed by atoms with Crippen LogP contribution >= 0.6 is 0 Å². The van der Waals surface area contributed by atoms with E-state index < -0.39 is 0 Å². The normalized spacial score (nSPS) is 14.7. The maximum atomic E-state index is 5.61. The van der Waals surface area contributed by atoms with Crippen LogP contribution in [0.2, 0.25) is 0 Å². The summed E-state index contributed by atoms with van der Waals surface area (Å²) in [4.78, 5) is 0. The zero-order chi connectivity index (χ0) is 11.3. The van der Waals surface area contributed by atoms with Gasteiger partial charge in [0.25, 0.3) is 0 Å². The Bertz CT molecular complexity index is 279. The SMILES string of the molecule is CCC(C)c1ccc(OC[C@H](C)N)cc1. The van der Waals surface area contributed by atoms with Gasteiger partial charge in [0.15, 0.2) is 0 Å². The van der Waals surface area contributed by atoms with Crippen molar-refractivity contribution in [2.24, 2.45) is 5.73 Å². The molecule has 0 saturated heterocycles. The molecule has 0 aromatic heterocycles. The van der Waals surface area contributed by atoms with Gasteiger partial charge >= 0.3 is 0 Å². The van der Waals surface area contributed by atoms with E-state index in [0.29, 0.717) is 12.5 Å². The molecule has 2 nitrogen and oxygen atoms in total. The van der Waals surface area contributed by atoms with E-state index in [-0.39, 0.29) is 6.04 Å². The first-order valence-electron chi connectivity index (χ1n) is 5.61. The number of rotatable bonds is 5. The van der Waals surface area contributed by atoms with Crippen LogP contribution < -0.4 is 10.5 Å². The van der Waals surface area contributed by atoms with Crippen molar-refractivity contribution in [3.8, 4) is 5.75 Å². The summed E-state index contributed by atoms with van der Waals surface area (Å²) in [6.45, 7) is 6.94. The van der Waals surface area contributed by atoms with Crippen molar-refractivity contribution in [2.45, 2.75) is 39.2 Å². The summed E-state index contributed by atoms with van der Waals surface area (Å²) < 4.78 is 5.51. The van der Waals surface area contributed by atoms with Gasteiger partial charge in [-0.15, -0.1) is 0 Å². The Hall–Kier alpha value is -1.02. The van der Waals surface area contributed by atoms with E-state index in [1.54, 1.807) is 0 Å². The van der Waals surface area contributed by atoms with E-state index in [1.165, 1.54) is 12.0 Å². The van der Waals surface area contributed by atoms with Crippen molar-refractivity contribution in [1.29, 1.82) is 0 Å². The van der Waals surface area contributed by atoms with Crippen LogP contribution in [0.3, 0.4) is 0 Å². The fourth-order valence-electron chi connectivity index (χ4n) is 1.36. The summed E-state index contributed by atoms with van der Waals surface area (Å²) in [7, 11) is 0. The number of ether oxygens (including phenoxy) is 1. The van der Waals surface area contributed by atoms with E-state index in [9.17, 15) is 0 Å². The molecule has 1 aromatic rings. The highest BCUT2D eigenvalue weighted by Gasteiger charge is 2.03. The fourth-order valence-corrected chi connectivity index (χ4v) is 1.36. The average Bonchev–Trinajstić information content (AvgIpc) is 2.26. The lowest BCUT2D eigenvalue weighted by Gasteiger charge is -2.11. The molecular weight excluding hydrogens is 186 g/mol. The summed E-state index contributed by atoms with van der Waals surface area (Å²) >= 11 is 0. The summed E-state index contributed by atoms with van der Waals surface area (Å²) in [5, 5.41) is 0. The lowest BCUT2D eigenvalue weighted by Crippen LogP contribution is -2.23. The van der Waals surface area contributed by atoms with Crippen LogP contribution in [0.4, 0.5) is 0 Å². The molecule has 0 aliphatic carbocycles. The molecule has 1 rings (SSSR count). The van der Waals surface area contributed by atoms with E-state index in [2.05, 4.69) is 26.0 Å². The zero-order valence-electron chi connectivity index (χ0n) is 9.86. The van der Waals surface area contributed by atoms with Gasteiger partial charge in [-0.05, 0) is 37.0 Å². The third-order valence-electron chi connectivity index (χ3n) is 2.57. The third kappa shape index (κ3) is 3.92. The fraction of sp³-hybridized carbons (Fsp3) is 0.538. The summed E-state index contributed by atoms with van der Waals surface area (Å²) in [5.74, 6) is 1.52. The highest BCUT2D eigenvalue weighted by molar-refractivity contribution is 5.29. The van der Waals surface area contributed by atoms with Gasteiger partial charge in [0, 0.05) is 6.04 Å². The first kappa shape index (κ1) is 12.1. The summed E-state index contributed by atoms with van der Waals surface area (Å²) in [5.41, 5.74) is 6.98. The molecule has 2 heteroatoms. The van der Waals surface area contributed by atoms with Crippen LogP contribution in [0.5, 0.6) is 5.75 Å². The first-order chi connectivity index (χ1) is 7.13. The van der Waals surface area contributed by atoms with Crippen LogP contribution in [-0.2, 0) is 0 Å². The maximum absolute atomic E-state index is 5.61. The van der Waals surface area contributed by atoms with E-state index >= 15 is 0 Å². The lowest BCUT2D eigenvalue weighted by atomic mass is 9.99. The van der Waals surface area contributed by atoms with Crippen LogP contribution in [-0.4, -0.2) is 12.6 Å². The molecule has 84 valence electrons. The number of benzene rings is 1. The second-order valence-corrected chi connectivity index (χ2v) is 4.17. The molecule has 0 spiro atoms. The molecule has 1 aromatic carbocycles.